The fourth-order valence-corrected chi connectivity index (χ4v) is 1.13. The maximum atomic E-state index is 10.8. The monoisotopic (exact) mass is 190 g/mol. The molecule has 2 heterocycles. The Morgan fingerprint density at radius 2 is 2.21 bits per heavy atom. The molecule has 2 aromatic rings. The SMILES string of the molecule is O=C(O)c1ncccc1-c1ccno1. The van der Waals surface area contributed by atoms with Crippen molar-refractivity contribution in [3.63, 3.8) is 0 Å². The smallest absolute Gasteiger partial charge is 0.355 e. The van der Waals surface area contributed by atoms with E-state index < -0.39 is 5.97 Å². The fraction of sp³-hybridized carbons (Fsp3) is 0. The molecule has 0 saturated carbocycles. The molecule has 0 unspecified atom stereocenters. The van der Waals surface area contributed by atoms with E-state index in [1.165, 1.54) is 12.4 Å². The molecule has 14 heavy (non-hydrogen) atoms. The summed E-state index contributed by atoms with van der Waals surface area (Å²) in [5.74, 6) is -0.687. The lowest BCUT2D eigenvalue weighted by atomic mass is 10.1. The summed E-state index contributed by atoms with van der Waals surface area (Å²) in [7, 11) is 0. The standard InChI is InChI=1S/C9H6N2O3/c12-9(13)8-6(2-1-4-10-8)7-3-5-11-14-7/h1-5H,(H,12,13). The van der Waals surface area contributed by atoms with Crippen LogP contribution in [0.25, 0.3) is 11.3 Å². The van der Waals surface area contributed by atoms with Crippen LogP contribution in [0.2, 0.25) is 0 Å². The van der Waals surface area contributed by atoms with Crippen LogP contribution in [0, 0.1) is 0 Å². The average Bonchev–Trinajstić information content (AvgIpc) is 2.70. The second-order valence-corrected chi connectivity index (χ2v) is 2.58. The van der Waals surface area contributed by atoms with E-state index in [9.17, 15) is 4.79 Å². The topological polar surface area (TPSA) is 76.2 Å². The third-order valence-electron chi connectivity index (χ3n) is 1.71. The molecule has 0 radical (unpaired) electrons. The van der Waals surface area contributed by atoms with Crippen LogP contribution in [0.15, 0.2) is 35.1 Å². The van der Waals surface area contributed by atoms with E-state index in [0.29, 0.717) is 11.3 Å². The molecule has 0 aliphatic rings. The third-order valence-corrected chi connectivity index (χ3v) is 1.71. The minimum absolute atomic E-state index is 0.0377. The van der Waals surface area contributed by atoms with Gasteiger partial charge in [-0.15, -0.1) is 0 Å². The van der Waals surface area contributed by atoms with E-state index in [2.05, 4.69) is 10.1 Å². The molecule has 0 aliphatic heterocycles. The quantitative estimate of drug-likeness (QED) is 0.775. The van der Waals surface area contributed by atoms with Gasteiger partial charge in [0.05, 0.1) is 11.8 Å². The minimum atomic E-state index is -1.09. The van der Waals surface area contributed by atoms with E-state index >= 15 is 0 Å². The molecule has 0 atom stereocenters. The minimum Gasteiger partial charge on any atom is -0.476 e. The molecular weight excluding hydrogens is 184 g/mol. The Bertz CT molecular complexity index is 451. The number of hydrogen-bond acceptors (Lipinski definition) is 4. The second-order valence-electron chi connectivity index (χ2n) is 2.58. The van der Waals surface area contributed by atoms with Crippen molar-refractivity contribution in [1.29, 1.82) is 0 Å². The van der Waals surface area contributed by atoms with Crippen molar-refractivity contribution in [2.45, 2.75) is 0 Å². The van der Waals surface area contributed by atoms with Crippen molar-refractivity contribution in [1.82, 2.24) is 10.1 Å². The summed E-state index contributed by atoms with van der Waals surface area (Å²) in [6.07, 6.45) is 2.87. The van der Waals surface area contributed by atoms with Crippen molar-refractivity contribution in [3.05, 3.63) is 36.3 Å². The number of carboxylic acid groups (broad SMARTS) is 1. The zero-order valence-electron chi connectivity index (χ0n) is 7.04. The van der Waals surface area contributed by atoms with Gasteiger partial charge in [-0.1, -0.05) is 5.16 Å². The summed E-state index contributed by atoms with van der Waals surface area (Å²) in [5.41, 5.74) is 0.391. The molecule has 0 fully saturated rings. The Morgan fingerprint density at radius 3 is 2.86 bits per heavy atom. The summed E-state index contributed by atoms with van der Waals surface area (Å²) >= 11 is 0. The van der Waals surface area contributed by atoms with Gasteiger partial charge in [-0.2, -0.15) is 0 Å². The molecule has 0 aromatic carbocycles. The van der Waals surface area contributed by atoms with Crippen LogP contribution in [-0.2, 0) is 0 Å². The number of carboxylic acids is 1. The van der Waals surface area contributed by atoms with Crippen LogP contribution in [0.4, 0.5) is 0 Å². The zero-order valence-corrected chi connectivity index (χ0v) is 7.04. The fourth-order valence-electron chi connectivity index (χ4n) is 1.13. The van der Waals surface area contributed by atoms with Crippen LogP contribution in [0.3, 0.4) is 0 Å². The highest BCUT2D eigenvalue weighted by Gasteiger charge is 2.14. The molecule has 5 heteroatoms. The van der Waals surface area contributed by atoms with E-state index in [1.54, 1.807) is 18.2 Å². The van der Waals surface area contributed by atoms with Gasteiger partial charge in [0, 0.05) is 12.3 Å². The highest BCUT2D eigenvalue weighted by molar-refractivity contribution is 5.92. The lowest BCUT2D eigenvalue weighted by Gasteiger charge is -1.99. The van der Waals surface area contributed by atoms with Crippen molar-refractivity contribution in [2.75, 3.05) is 0 Å². The van der Waals surface area contributed by atoms with Crippen LogP contribution < -0.4 is 0 Å². The van der Waals surface area contributed by atoms with Crippen molar-refractivity contribution < 1.29 is 14.4 Å². The highest BCUT2D eigenvalue weighted by Crippen LogP contribution is 2.20. The van der Waals surface area contributed by atoms with Gasteiger partial charge in [-0.3, -0.25) is 0 Å². The van der Waals surface area contributed by atoms with Gasteiger partial charge in [-0.05, 0) is 12.1 Å². The molecule has 2 aromatic heterocycles. The Morgan fingerprint density at radius 1 is 1.36 bits per heavy atom. The van der Waals surface area contributed by atoms with Gasteiger partial charge in [0.15, 0.2) is 11.5 Å². The number of hydrogen-bond donors (Lipinski definition) is 1. The summed E-state index contributed by atoms with van der Waals surface area (Å²) in [4.78, 5) is 14.5. The molecule has 0 aliphatic carbocycles. The summed E-state index contributed by atoms with van der Waals surface area (Å²) in [6.45, 7) is 0. The summed E-state index contributed by atoms with van der Waals surface area (Å²) in [5, 5.41) is 12.3. The van der Waals surface area contributed by atoms with Crippen LogP contribution in [-0.4, -0.2) is 21.2 Å². The van der Waals surface area contributed by atoms with E-state index in [-0.39, 0.29) is 5.69 Å². The first kappa shape index (κ1) is 8.43. The van der Waals surface area contributed by atoms with Gasteiger partial charge in [-0.25, -0.2) is 9.78 Å². The van der Waals surface area contributed by atoms with E-state index in [1.807, 2.05) is 0 Å². The van der Waals surface area contributed by atoms with Crippen molar-refractivity contribution >= 4 is 5.97 Å². The van der Waals surface area contributed by atoms with Gasteiger partial charge in [0.1, 0.15) is 0 Å². The van der Waals surface area contributed by atoms with Gasteiger partial charge < -0.3 is 9.63 Å². The van der Waals surface area contributed by atoms with Crippen molar-refractivity contribution in [2.24, 2.45) is 0 Å². The Hall–Kier alpha value is -2.17. The van der Waals surface area contributed by atoms with E-state index in [0.717, 1.165) is 0 Å². The molecular formula is C9H6N2O3. The summed E-state index contributed by atoms with van der Waals surface area (Å²) < 4.78 is 4.86. The average molecular weight is 190 g/mol. The first-order valence-electron chi connectivity index (χ1n) is 3.88. The number of nitrogens with zero attached hydrogens (tertiary/aromatic N) is 2. The number of aromatic nitrogens is 2. The Labute approximate surface area is 79.0 Å². The molecule has 70 valence electrons. The highest BCUT2D eigenvalue weighted by atomic mass is 16.5. The van der Waals surface area contributed by atoms with Crippen LogP contribution >= 0.6 is 0 Å². The van der Waals surface area contributed by atoms with E-state index in [4.69, 9.17) is 9.63 Å². The van der Waals surface area contributed by atoms with Gasteiger partial charge in [0.25, 0.3) is 0 Å². The molecule has 0 spiro atoms. The number of pyridine rings is 1. The molecule has 2 rings (SSSR count). The number of aromatic carboxylic acids is 1. The largest absolute Gasteiger partial charge is 0.476 e. The predicted octanol–water partition coefficient (Wildman–Crippen LogP) is 1.43. The van der Waals surface area contributed by atoms with Crippen LogP contribution in [0.5, 0.6) is 0 Å². The van der Waals surface area contributed by atoms with Crippen molar-refractivity contribution in [3.8, 4) is 11.3 Å². The Kier molecular flexibility index (Phi) is 1.98. The Balaban J connectivity index is 2.58. The maximum absolute atomic E-state index is 10.8. The molecule has 0 amide bonds. The van der Waals surface area contributed by atoms with Gasteiger partial charge >= 0.3 is 5.97 Å². The van der Waals surface area contributed by atoms with Gasteiger partial charge in [0.2, 0.25) is 0 Å². The molecule has 0 saturated heterocycles. The predicted molar refractivity (Wildman–Crippen MR) is 46.7 cm³/mol. The molecule has 1 N–H and O–H groups in total. The molecule has 5 nitrogen and oxygen atoms in total. The third kappa shape index (κ3) is 1.35. The second kappa shape index (κ2) is 3.29. The lowest BCUT2D eigenvalue weighted by Crippen LogP contribution is -2.01. The lowest BCUT2D eigenvalue weighted by molar-refractivity contribution is 0.0691. The molecule has 0 bridgehead atoms. The zero-order chi connectivity index (χ0) is 9.97. The van der Waals surface area contributed by atoms with Crippen LogP contribution in [0.1, 0.15) is 10.5 Å². The number of rotatable bonds is 2. The number of carbonyl (C=O) groups is 1. The first-order valence-corrected chi connectivity index (χ1v) is 3.88. The first-order chi connectivity index (χ1) is 6.79. The maximum Gasteiger partial charge on any atom is 0.355 e. The normalized spacial score (nSPS) is 10.0. The summed E-state index contributed by atoms with van der Waals surface area (Å²) in [6, 6.07) is 4.85.